The lowest BCUT2D eigenvalue weighted by Gasteiger charge is -2.32. The van der Waals surface area contributed by atoms with Crippen LogP contribution in [-0.4, -0.2) is 42.1 Å². The van der Waals surface area contributed by atoms with Crippen LogP contribution in [0.4, 0.5) is 10.8 Å². The van der Waals surface area contributed by atoms with Crippen molar-refractivity contribution in [3.05, 3.63) is 5.56 Å². The van der Waals surface area contributed by atoms with Gasteiger partial charge in [0, 0.05) is 25.7 Å². The summed E-state index contributed by atoms with van der Waals surface area (Å²) in [7, 11) is 0. The van der Waals surface area contributed by atoms with E-state index in [1.807, 2.05) is 20.8 Å². The molecule has 7 heteroatoms. The molecule has 21 heavy (non-hydrogen) atoms. The summed E-state index contributed by atoms with van der Waals surface area (Å²) in [5.41, 5.74) is 6.40. The van der Waals surface area contributed by atoms with Gasteiger partial charge >= 0.3 is 0 Å². The number of carbonyl (C=O) groups is 1. The SMILES string of the molecule is CCOC1CCN(c2snc(N)c2C(=O)NC(C)C)CC1. The predicted octanol–water partition coefficient (Wildman–Crippen LogP) is 1.87. The van der Waals surface area contributed by atoms with Crippen LogP contribution in [0, 0.1) is 0 Å². The molecule has 1 aliphatic heterocycles. The zero-order valence-corrected chi connectivity index (χ0v) is 13.7. The van der Waals surface area contributed by atoms with Crippen LogP contribution < -0.4 is 16.0 Å². The number of ether oxygens (including phenoxy) is 1. The summed E-state index contributed by atoms with van der Waals surface area (Å²) < 4.78 is 9.82. The van der Waals surface area contributed by atoms with E-state index in [0.717, 1.165) is 37.5 Å². The van der Waals surface area contributed by atoms with E-state index in [1.54, 1.807) is 0 Å². The third-order valence-electron chi connectivity index (χ3n) is 3.48. The topological polar surface area (TPSA) is 80.5 Å². The molecule has 2 heterocycles. The van der Waals surface area contributed by atoms with Crippen LogP contribution in [0.3, 0.4) is 0 Å². The molecule has 1 fully saturated rings. The summed E-state index contributed by atoms with van der Waals surface area (Å²) >= 11 is 1.30. The van der Waals surface area contributed by atoms with Crippen molar-refractivity contribution in [3.63, 3.8) is 0 Å². The van der Waals surface area contributed by atoms with Gasteiger partial charge in [-0.05, 0) is 45.1 Å². The molecule has 0 unspecified atom stereocenters. The van der Waals surface area contributed by atoms with Crippen LogP contribution in [-0.2, 0) is 4.74 Å². The molecule has 0 spiro atoms. The second-order valence-electron chi connectivity index (χ2n) is 5.52. The molecule has 1 amide bonds. The van der Waals surface area contributed by atoms with Gasteiger partial charge in [-0.2, -0.15) is 4.37 Å². The fourth-order valence-corrected chi connectivity index (χ4v) is 3.38. The van der Waals surface area contributed by atoms with Crippen molar-refractivity contribution in [1.82, 2.24) is 9.69 Å². The highest BCUT2D eigenvalue weighted by Gasteiger charge is 2.27. The number of nitrogen functional groups attached to an aromatic ring is 1. The molecule has 1 saturated heterocycles. The number of carbonyl (C=O) groups excluding carboxylic acids is 1. The van der Waals surface area contributed by atoms with Gasteiger partial charge in [-0.15, -0.1) is 0 Å². The summed E-state index contributed by atoms with van der Waals surface area (Å²) in [6, 6.07) is 0.0772. The number of hydrogen-bond acceptors (Lipinski definition) is 6. The van der Waals surface area contributed by atoms with Crippen LogP contribution >= 0.6 is 11.5 Å². The number of nitrogens with one attached hydrogen (secondary N) is 1. The summed E-state index contributed by atoms with van der Waals surface area (Å²) in [6.45, 7) is 8.37. The number of anilines is 2. The molecule has 0 aromatic carbocycles. The third kappa shape index (κ3) is 3.85. The maximum atomic E-state index is 12.3. The first-order chi connectivity index (χ1) is 10.0. The molecule has 118 valence electrons. The van der Waals surface area contributed by atoms with Gasteiger partial charge in [0.05, 0.1) is 6.10 Å². The summed E-state index contributed by atoms with van der Waals surface area (Å²) in [4.78, 5) is 14.5. The van der Waals surface area contributed by atoms with Gasteiger partial charge in [0.25, 0.3) is 5.91 Å². The Bertz CT molecular complexity index is 481. The zero-order valence-electron chi connectivity index (χ0n) is 12.9. The van der Waals surface area contributed by atoms with Crippen LogP contribution in [0.5, 0.6) is 0 Å². The largest absolute Gasteiger partial charge is 0.382 e. The lowest BCUT2D eigenvalue weighted by Crippen LogP contribution is -2.38. The van der Waals surface area contributed by atoms with Crippen LogP contribution in [0.15, 0.2) is 0 Å². The highest BCUT2D eigenvalue weighted by Crippen LogP contribution is 2.32. The quantitative estimate of drug-likeness (QED) is 0.867. The Balaban J connectivity index is 2.09. The molecule has 1 aromatic rings. The van der Waals surface area contributed by atoms with E-state index in [-0.39, 0.29) is 11.9 Å². The fraction of sp³-hybridized carbons (Fsp3) is 0.714. The average molecular weight is 312 g/mol. The third-order valence-corrected chi connectivity index (χ3v) is 4.40. The Morgan fingerprint density at radius 1 is 1.52 bits per heavy atom. The van der Waals surface area contributed by atoms with Gasteiger partial charge in [-0.1, -0.05) is 0 Å². The standard InChI is InChI=1S/C14H24N4O2S/c1-4-20-10-5-7-18(8-6-10)14-11(12(15)17-21-14)13(19)16-9(2)3/h9-10H,4-8H2,1-3H3,(H2,15,17)(H,16,19). The number of amides is 1. The van der Waals surface area contributed by atoms with E-state index >= 15 is 0 Å². The Morgan fingerprint density at radius 3 is 2.76 bits per heavy atom. The van der Waals surface area contributed by atoms with Crippen molar-refractivity contribution in [3.8, 4) is 0 Å². The molecule has 1 aliphatic rings. The van der Waals surface area contributed by atoms with E-state index < -0.39 is 0 Å². The zero-order chi connectivity index (χ0) is 15.4. The molecule has 2 rings (SSSR count). The normalized spacial score (nSPS) is 16.5. The molecule has 0 radical (unpaired) electrons. The monoisotopic (exact) mass is 312 g/mol. The molecule has 0 atom stereocenters. The van der Waals surface area contributed by atoms with Gasteiger partial charge in [0.1, 0.15) is 10.6 Å². The number of nitrogens with zero attached hydrogens (tertiary/aromatic N) is 2. The number of aromatic nitrogens is 1. The molecule has 3 N–H and O–H groups in total. The maximum Gasteiger partial charge on any atom is 0.258 e. The second kappa shape index (κ2) is 7.09. The summed E-state index contributed by atoms with van der Waals surface area (Å²) in [6.07, 6.45) is 2.26. The van der Waals surface area contributed by atoms with E-state index in [2.05, 4.69) is 14.6 Å². The first-order valence-corrected chi connectivity index (χ1v) is 8.22. The number of piperidine rings is 1. The van der Waals surface area contributed by atoms with E-state index in [9.17, 15) is 4.79 Å². The minimum Gasteiger partial charge on any atom is -0.382 e. The maximum absolute atomic E-state index is 12.3. The molecular weight excluding hydrogens is 288 g/mol. The van der Waals surface area contributed by atoms with Gasteiger partial charge < -0.3 is 20.7 Å². The van der Waals surface area contributed by atoms with Crippen molar-refractivity contribution in [2.24, 2.45) is 0 Å². The van der Waals surface area contributed by atoms with E-state index in [1.165, 1.54) is 11.5 Å². The molecule has 0 aliphatic carbocycles. The van der Waals surface area contributed by atoms with Gasteiger partial charge in [0.2, 0.25) is 0 Å². The minimum absolute atomic E-state index is 0.0772. The number of hydrogen-bond donors (Lipinski definition) is 2. The Labute approximate surface area is 129 Å². The summed E-state index contributed by atoms with van der Waals surface area (Å²) in [5, 5.41) is 3.77. The molecule has 6 nitrogen and oxygen atoms in total. The van der Waals surface area contributed by atoms with Gasteiger partial charge in [-0.3, -0.25) is 4.79 Å². The smallest absolute Gasteiger partial charge is 0.258 e. The Morgan fingerprint density at radius 2 is 2.19 bits per heavy atom. The minimum atomic E-state index is -0.141. The summed E-state index contributed by atoms with van der Waals surface area (Å²) in [5.74, 6) is 0.179. The van der Waals surface area contributed by atoms with Crippen molar-refractivity contribution >= 4 is 28.3 Å². The first-order valence-electron chi connectivity index (χ1n) is 7.45. The van der Waals surface area contributed by atoms with Crippen LogP contribution in [0.1, 0.15) is 44.0 Å². The van der Waals surface area contributed by atoms with Crippen molar-refractivity contribution in [2.45, 2.75) is 45.8 Å². The second-order valence-corrected chi connectivity index (χ2v) is 6.27. The highest BCUT2D eigenvalue weighted by atomic mass is 32.1. The fourth-order valence-electron chi connectivity index (χ4n) is 2.52. The van der Waals surface area contributed by atoms with Gasteiger partial charge in [-0.25, -0.2) is 0 Å². The number of rotatable bonds is 5. The lowest BCUT2D eigenvalue weighted by atomic mass is 10.1. The molecule has 0 saturated carbocycles. The first kappa shape index (κ1) is 16.0. The van der Waals surface area contributed by atoms with Crippen LogP contribution in [0.25, 0.3) is 0 Å². The van der Waals surface area contributed by atoms with E-state index in [4.69, 9.17) is 10.5 Å². The van der Waals surface area contributed by atoms with Crippen molar-refractivity contribution < 1.29 is 9.53 Å². The Hall–Kier alpha value is -1.34. The Kier molecular flexibility index (Phi) is 5.41. The predicted molar refractivity (Wildman–Crippen MR) is 86.0 cm³/mol. The van der Waals surface area contributed by atoms with Crippen LogP contribution in [0.2, 0.25) is 0 Å². The molecular formula is C14H24N4O2S. The lowest BCUT2D eigenvalue weighted by molar-refractivity contribution is 0.0460. The molecule has 0 bridgehead atoms. The number of nitrogens with two attached hydrogens (primary N) is 1. The van der Waals surface area contributed by atoms with Gasteiger partial charge in [0.15, 0.2) is 5.82 Å². The average Bonchev–Trinajstić information content (AvgIpc) is 2.81. The van der Waals surface area contributed by atoms with E-state index in [0.29, 0.717) is 17.5 Å². The van der Waals surface area contributed by atoms with Crippen molar-refractivity contribution in [2.75, 3.05) is 30.3 Å². The molecule has 1 aromatic heterocycles. The highest BCUT2D eigenvalue weighted by molar-refractivity contribution is 7.11. The van der Waals surface area contributed by atoms with Crippen molar-refractivity contribution in [1.29, 1.82) is 0 Å².